The van der Waals surface area contributed by atoms with Gasteiger partial charge in [0.15, 0.2) is 12.4 Å². The summed E-state index contributed by atoms with van der Waals surface area (Å²) in [5.41, 5.74) is 0. The van der Waals surface area contributed by atoms with E-state index in [4.69, 9.17) is 18.9 Å². The first-order chi connectivity index (χ1) is 27.0. The molecule has 0 aromatic carbocycles. The first-order valence-electron chi connectivity index (χ1n) is 22.6. The van der Waals surface area contributed by atoms with Gasteiger partial charge in [-0.05, 0) is 12.8 Å². The van der Waals surface area contributed by atoms with Gasteiger partial charge in [0.1, 0.15) is 36.8 Å². The lowest BCUT2D eigenvalue weighted by Crippen LogP contribution is -2.60. The number of ether oxygens (including phenoxy) is 4. The monoisotopic (exact) mass is 823 g/mol. The van der Waals surface area contributed by atoms with Crippen LogP contribution in [0.25, 0.3) is 0 Å². The molecule has 12 nitrogen and oxygen atoms in total. The SMILES string of the molecule is CCCCCCCCCCCCCCCCCC(=O)O[C@H](COC(=O)CCCCCCCCCCCCCCC)CO[C@H]1O[C@H](CS(=O)(=O)O)[C@@H](O)C(O)C1O. The number of aliphatic hydroxyl groups excluding tert-OH is 3. The Morgan fingerprint density at radius 3 is 1.30 bits per heavy atom. The lowest BCUT2D eigenvalue weighted by atomic mass is 10.00. The highest BCUT2D eigenvalue weighted by Crippen LogP contribution is 2.24. The van der Waals surface area contributed by atoms with Crippen LogP contribution in [0.4, 0.5) is 0 Å². The molecule has 0 bridgehead atoms. The quantitative estimate of drug-likeness (QED) is 0.0264. The van der Waals surface area contributed by atoms with Gasteiger partial charge >= 0.3 is 11.9 Å². The molecular formula is C43H82O12S. The minimum absolute atomic E-state index is 0.172. The Morgan fingerprint density at radius 2 is 0.911 bits per heavy atom. The number of hydrogen-bond donors (Lipinski definition) is 4. The number of esters is 2. The van der Waals surface area contributed by atoms with Crippen LogP contribution in [0, 0.1) is 0 Å². The van der Waals surface area contributed by atoms with E-state index < -0.39 is 71.2 Å². The fourth-order valence-electron chi connectivity index (χ4n) is 7.15. The van der Waals surface area contributed by atoms with Gasteiger partial charge in [0, 0.05) is 12.8 Å². The molecule has 0 saturated carbocycles. The van der Waals surface area contributed by atoms with Gasteiger partial charge in [-0.15, -0.1) is 0 Å². The van der Waals surface area contributed by atoms with Gasteiger partial charge in [-0.1, -0.05) is 181 Å². The van der Waals surface area contributed by atoms with E-state index in [2.05, 4.69) is 13.8 Å². The molecule has 1 fully saturated rings. The molecule has 1 rings (SSSR count). The Morgan fingerprint density at radius 1 is 0.536 bits per heavy atom. The standard InChI is InChI=1S/C43H82O12S/c1-3-5-7-9-11-13-15-17-18-20-22-24-26-28-30-32-39(45)54-36(34-53-43-42(48)41(47)40(46)37(55-43)35-56(49,50)51)33-52-38(44)31-29-27-25-23-21-19-16-14-12-10-8-6-4-2/h36-37,40-43,46-48H,3-35H2,1-2H3,(H,49,50,51)/t36-,37-,40-,41?,42?,43+/m1/s1. The highest BCUT2D eigenvalue weighted by molar-refractivity contribution is 7.85. The van der Waals surface area contributed by atoms with Crippen LogP contribution in [0.15, 0.2) is 0 Å². The molecular weight excluding hydrogens is 741 g/mol. The second-order valence-electron chi connectivity index (χ2n) is 16.1. The molecule has 1 aliphatic rings. The smallest absolute Gasteiger partial charge is 0.306 e. The second kappa shape index (κ2) is 34.5. The Bertz CT molecular complexity index is 1060. The number of carbonyl (C=O) groups is 2. The van der Waals surface area contributed by atoms with Crippen molar-refractivity contribution in [3.8, 4) is 0 Å². The van der Waals surface area contributed by atoms with E-state index in [1.165, 1.54) is 128 Å². The van der Waals surface area contributed by atoms with Gasteiger partial charge in [0.25, 0.3) is 10.1 Å². The van der Waals surface area contributed by atoms with E-state index in [0.29, 0.717) is 12.8 Å². The van der Waals surface area contributed by atoms with Gasteiger partial charge in [0.2, 0.25) is 0 Å². The van der Waals surface area contributed by atoms with Crippen molar-refractivity contribution in [3.63, 3.8) is 0 Å². The van der Waals surface area contributed by atoms with E-state index >= 15 is 0 Å². The van der Waals surface area contributed by atoms with Crippen molar-refractivity contribution in [1.82, 2.24) is 0 Å². The molecule has 1 saturated heterocycles. The van der Waals surface area contributed by atoms with Crippen LogP contribution < -0.4 is 0 Å². The molecule has 56 heavy (non-hydrogen) atoms. The van der Waals surface area contributed by atoms with Crippen LogP contribution in [0.2, 0.25) is 0 Å². The molecule has 1 aliphatic heterocycles. The zero-order valence-corrected chi connectivity index (χ0v) is 36.1. The van der Waals surface area contributed by atoms with E-state index in [1.807, 2.05) is 0 Å². The van der Waals surface area contributed by atoms with Crippen LogP contribution in [-0.2, 0) is 38.7 Å². The Balaban J connectivity index is 2.44. The van der Waals surface area contributed by atoms with Crippen molar-refractivity contribution in [3.05, 3.63) is 0 Å². The van der Waals surface area contributed by atoms with Crippen molar-refractivity contribution in [2.45, 2.75) is 243 Å². The van der Waals surface area contributed by atoms with E-state index in [0.717, 1.165) is 38.5 Å². The van der Waals surface area contributed by atoms with Crippen LogP contribution in [0.3, 0.4) is 0 Å². The van der Waals surface area contributed by atoms with E-state index in [-0.39, 0.29) is 19.4 Å². The number of aliphatic hydroxyl groups is 3. The molecule has 4 N–H and O–H groups in total. The number of carbonyl (C=O) groups excluding carboxylic acids is 2. The highest BCUT2D eigenvalue weighted by Gasteiger charge is 2.46. The minimum atomic E-state index is -4.59. The molecule has 2 unspecified atom stereocenters. The maximum absolute atomic E-state index is 12.8. The summed E-state index contributed by atoms with van der Waals surface area (Å²) in [6, 6.07) is 0. The molecule has 0 aromatic heterocycles. The Hall–Kier alpha value is -1.35. The van der Waals surface area contributed by atoms with Gasteiger partial charge < -0.3 is 34.3 Å². The molecule has 0 amide bonds. The summed E-state index contributed by atoms with van der Waals surface area (Å²) in [5.74, 6) is -1.96. The van der Waals surface area contributed by atoms with Crippen molar-refractivity contribution in [2.24, 2.45) is 0 Å². The fourth-order valence-corrected chi connectivity index (χ4v) is 7.84. The van der Waals surface area contributed by atoms with Gasteiger partial charge in [-0.2, -0.15) is 8.42 Å². The number of hydrogen-bond acceptors (Lipinski definition) is 11. The average molecular weight is 823 g/mol. The molecule has 6 atom stereocenters. The molecule has 1 heterocycles. The van der Waals surface area contributed by atoms with Crippen molar-refractivity contribution < 1.29 is 56.8 Å². The van der Waals surface area contributed by atoms with Gasteiger partial charge in [0.05, 0.1) is 6.61 Å². The molecule has 332 valence electrons. The maximum Gasteiger partial charge on any atom is 0.306 e. The zero-order chi connectivity index (χ0) is 41.3. The topological polar surface area (TPSA) is 186 Å². The predicted molar refractivity (Wildman–Crippen MR) is 220 cm³/mol. The summed E-state index contributed by atoms with van der Waals surface area (Å²) in [5, 5.41) is 30.8. The largest absolute Gasteiger partial charge is 0.462 e. The van der Waals surface area contributed by atoms with Gasteiger partial charge in [-0.25, -0.2) is 0 Å². The number of rotatable bonds is 38. The maximum atomic E-state index is 12.8. The molecule has 0 radical (unpaired) electrons. The summed E-state index contributed by atoms with van der Waals surface area (Å²) in [6.07, 6.45) is 24.3. The normalized spacial score (nSPS) is 20.6. The third kappa shape index (κ3) is 29.0. The second-order valence-corrected chi connectivity index (χ2v) is 17.6. The summed E-state index contributed by atoms with van der Waals surface area (Å²) < 4.78 is 54.0. The van der Waals surface area contributed by atoms with Crippen LogP contribution >= 0.6 is 0 Å². The van der Waals surface area contributed by atoms with Crippen LogP contribution in [-0.4, -0.2) is 96.0 Å². The van der Waals surface area contributed by atoms with Crippen LogP contribution in [0.5, 0.6) is 0 Å². The third-order valence-corrected chi connectivity index (χ3v) is 11.4. The lowest BCUT2D eigenvalue weighted by Gasteiger charge is -2.40. The number of unbranched alkanes of at least 4 members (excludes halogenated alkanes) is 26. The molecule has 0 aromatic rings. The summed E-state index contributed by atoms with van der Waals surface area (Å²) >= 11 is 0. The zero-order valence-electron chi connectivity index (χ0n) is 35.3. The summed E-state index contributed by atoms with van der Waals surface area (Å²) in [7, 11) is -4.59. The lowest BCUT2D eigenvalue weighted by molar-refractivity contribution is -0.297. The molecule has 13 heteroatoms. The van der Waals surface area contributed by atoms with Crippen molar-refractivity contribution in [1.29, 1.82) is 0 Å². The average Bonchev–Trinajstić information content (AvgIpc) is 3.16. The van der Waals surface area contributed by atoms with E-state index in [9.17, 15) is 37.9 Å². The van der Waals surface area contributed by atoms with Crippen molar-refractivity contribution >= 4 is 22.1 Å². The van der Waals surface area contributed by atoms with Crippen LogP contribution in [0.1, 0.15) is 206 Å². The minimum Gasteiger partial charge on any atom is -0.462 e. The fraction of sp³-hybridized carbons (Fsp3) is 0.953. The molecule has 0 aliphatic carbocycles. The highest BCUT2D eigenvalue weighted by atomic mass is 32.2. The van der Waals surface area contributed by atoms with E-state index in [1.54, 1.807) is 0 Å². The first-order valence-corrected chi connectivity index (χ1v) is 24.2. The van der Waals surface area contributed by atoms with Gasteiger partial charge in [-0.3, -0.25) is 14.1 Å². The molecule has 0 spiro atoms. The van der Waals surface area contributed by atoms with Crippen molar-refractivity contribution in [2.75, 3.05) is 19.0 Å². The third-order valence-electron chi connectivity index (χ3n) is 10.7. The predicted octanol–water partition coefficient (Wildman–Crippen LogP) is 8.90. The summed E-state index contributed by atoms with van der Waals surface area (Å²) in [6.45, 7) is 3.77. The first kappa shape index (κ1) is 52.7. The Labute approximate surface area is 340 Å². The summed E-state index contributed by atoms with van der Waals surface area (Å²) in [4.78, 5) is 25.4. The Kier molecular flexibility index (Phi) is 32.5.